The average Bonchev–Trinajstić information content (AvgIpc) is 2.42. The Balaban J connectivity index is 2.17. The van der Waals surface area contributed by atoms with Crippen molar-refractivity contribution in [3.63, 3.8) is 0 Å². The SMILES string of the molecule is CC(=O)Nc1cc(NC(=O)c2ccc(Cl)nc2)ccc1Cl. The fraction of sp³-hybridized carbons (Fsp3) is 0.0714. The smallest absolute Gasteiger partial charge is 0.257 e. The predicted molar refractivity (Wildman–Crippen MR) is 83.0 cm³/mol. The molecule has 5 nitrogen and oxygen atoms in total. The summed E-state index contributed by atoms with van der Waals surface area (Å²) in [4.78, 5) is 26.9. The highest BCUT2D eigenvalue weighted by Crippen LogP contribution is 2.25. The van der Waals surface area contributed by atoms with Crippen LogP contribution in [0.3, 0.4) is 0 Å². The maximum atomic E-state index is 12.0. The van der Waals surface area contributed by atoms with E-state index in [-0.39, 0.29) is 11.8 Å². The van der Waals surface area contributed by atoms with Crippen LogP contribution in [-0.2, 0) is 4.79 Å². The van der Waals surface area contributed by atoms with Crippen LogP contribution >= 0.6 is 23.2 Å². The molecular formula is C14H11Cl2N3O2. The molecule has 1 aromatic carbocycles. The molecule has 0 aliphatic rings. The molecule has 0 bridgehead atoms. The summed E-state index contributed by atoms with van der Waals surface area (Å²) in [6.07, 6.45) is 1.38. The lowest BCUT2D eigenvalue weighted by molar-refractivity contribution is -0.114. The third-order valence-corrected chi connectivity index (χ3v) is 3.08. The molecule has 0 unspecified atom stereocenters. The predicted octanol–water partition coefficient (Wildman–Crippen LogP) is 3.60. The van der Waals surface area contributed by atoms with Gasteiger partial charge in [-0.1, -0.05) is 23.2 Å². The largest absolute Gasteiger partial charge is 0.325 e. The Hall–Kier alpha value is -2.11. The molecule has 108 valence electrons. The fourth-order valence-corrected chi connectivity index (χ4v) is 1.88. The van der Waals surface area contributed by atoms with Crippen molar-refractivity contribution in [1.29, 1.82) is 0 Å². The third kappa shape index (κ3) is 4.18. The van der Waals surface area contributed by atoms with Gasteiger partial charge < -0.3 is 10.6 Å². The molecule has 21 heavy (non-hydrogen) atoms. The molecule has 1 aromatic heterocycles. The van der Waals surface area contributed by atoms with Crippen molar-refractivity contribution in [3.05, 3.63) is 52.3 Å². The van der Waals surface area contributed by atoms with Gasteiger partial charge in [-0.25, -0.2) is 4.98 Å². The molecule has 0 fully saturated rings. The van der Waals surface area contributed by atoms with Gasteiger partial charge in [0.05, 0.1) is 16.3 Å². The molecular weight excluding hydrogens is 313 g/mol. The van der Waals surface area contributed by atoms with E-state index >= 15 is 0 Å². The van der Waals surface area contributed by atoms with E-state index in [9.17, 15) is 9.59 Å². The second kappa shape index (κ2) is 6.56. The van der Waals surface area contributed by atoms with Crippen LogP contribution in [0.4, 0.5) is 11.4 Å². The van der Waals surface area contributed by atoms with Crippen molar-refractivity contribution < 1.29 is 9.59 Å². The maximum Gasteiger partial charge on any atom is 0.257 e. The Bertz CT molecular complexity index is 687. The van der Waals surface area contributed by atoms with Crippen LogP contribution in [0.2, 0.25) is 10.2 Å². The zero-order valence-corrected chi connectivity index (χ0v) is 12.5. The second-order valence-electron chi connectivity index (χ2n) is 4.20. The summed E-state index contributed by atoms with van der Waals surface area (Å²) in [5.41, 5.74) is 1.30. The molecule has 0 atom stereocenters. The third-order valence-electron chi connectivity index (χ3n) is 2.52. The topological polar surface area (TPSA) is 71.1 Å². The first-order chi connectivity index (χ1) is 9.95. The number of pyridine rings is 1. The van der Waals surface area contributed by atoms with Crippen molar-refractivity contribution in [2.24, 2.45) is 0 Å². The minimum absolute atomic E-state index is 0.248. The molecule has 0 aliphatic heterocycles. The van der Waals surface area contributed by atoms with Crippen molar-refractivity contribution in [3.8, 4) is 0 Å². The number of nitrogens with one attached hydrogen (secondary N) is 2. The second-order valence-corrected chi connectivity index (χ2v) is 4.99. The Morgan fingerprint density at radius 2 is 1.86 bits per heavy atom. The highest BCUT2D eigenvalue weighted by Gasteiger charge is 2.09. The average molecular weight is 324 g/mol. The van der Waals surface area contributed by atoms with Crippen LogP contribution < -0.4 is 10.6 Å². The summed E-state index contributed by atoms with van der Waals surface area (Å²) in [5, 5.41) is 5.97. The molecule has 1 heterocycles. The molecule has 2 amide bonds. The van der Waals surface area contributed by atoms with Crippen molar-refractivity contribution in [2.45, 2.75) is 6.92 Å². The number of anilines is 2. The summed E-state index contributed by atoms with van der Waals surface area (Å²) in [6, 6.07) is 7.89. The molecule has 0 saturated carbocycles. The highest BCUT2D eigenvalue weighted by molar-refractivity contribution is 6.33. The summed E-state index contributed by atoms with van der Waals surface area (Å²) in [7, 11) is 0. The Morgan fingerprint density at radius 1 is 1.10 bits per heavy atom. The monoisotopic (exact) mass is 323 g/mol. The van der Waals surface area contributed by atoms with Crippen molar-refractivity contribution >= 4 is 46.4 Å². The van der Waals surface area contributed by atoms with Gasteiger partial charge >= 0.3 is 0 Å². The number of aromatic nitrogens is 1. The standard InChI is InChI=1S/C14H11Cl2N3O2/c1-8(20)18-12-6-10(3-4-11(12)15)19-14(21)9-2-5-13(16)17-7-9/h2-7H,1H3,(H,18,20)(H,19,21). The molecule has 0 saturated heterocycles. The zero-order valence-electron chi connectivity index (χ0n) is 11.0. The summed E-state index contributed by atoms with van der Waals surface area (Å²) in [6.45, 7) is 1.38. The van der Waals surface area contributed by atoms with E-state index in [4.69, 9.17) is 23.2 Å². The van der Waals surface area contributed by atoms with Gasteiger partial charge in [0.1, 0.15) is 5.15 Å². The minimum atomic E-state index is -0.338. The first-order valence-corrected chi connectivity index (χ1v) is 6.71. The quantitative estimate of drug-likeness (QED) is 0.848. The van der Waals surface area contributed by atoms with E-state index < -0.39 is 0 Å². The molecule has 2 N–H and O–H groups in total. The van der Waals surface area contributed by atoms with Gasteiger partial charge in [0.2, 0.25) is 5.91 Å². The summed E-state index contributed by atoms with van der Waals surface area (Å²) >= 11 is 11.6. The van der Waals surface area contributed by atoms with Crippen molar-refractivity contribution in [1.82, 2.24) is 4.98 Å². The van der Waals surface area contributed by atoms with Gasteiger partial charge in [-0.2, -0.15) is 0 Å². The number of halogens is 2. The normalized spacial score (nSPS) is 10.0. The fourth-order valence-electron chi connectivity index (χ4n) is 1.60. The van der Waals surface area contributed by atoms with Gasteiger partial charge in [0.15, 0.2) is 0 Å². The van der Waals surface area contributed by atoms with Crippen LogP contribution in [0.15, 0.2) is 36.5 Å². The van der Waals surface area contributed by atoms with E-state index in [1.807, 2.05) is 0 Å². The van der Waals surface area contributed by atoms with Gasteiger partial charge in [-0.3, -0.25) is 9.59 Å². The van der Waals surface area contributed by atoms with Crippen molar-refractivity contribution in [2.75, 3.05) is 10.6 Å². The van der Waals surface area contributed by atoms with Gasteiger partial charge in [0.25, 0.3) is 5.91 Å². The van der Waals surface area contributed by atoms with Crippen LogP contribution in [0, 0.1) is 0 Å². The van der Waals surface area contributed by atoms with E-state index in [2.05, 4.69) is 15.6 Å². The molecule has 0 spiro atoms. The van der Waals surface area contributed by atoms with Crippen LogP contribution in [-0.4, -0.2) is 16.8 Å². The van der Waals surface area contributed by atoms with Gasteiger partial charge in [-0.05, 0) is 30.3 Å². The number of hydrogen-bond donors (Lipinski definition) is 2. The van der Waals surface area contributed by atoms with E-state index in [1.165, 1.54) is 19.2 Å². The maximum absolute atomic E-state index is 12.0. The number of amides is 2. The number of rotatable bonds is 3. The van der Waals surface area contributed by atoms with Crippen LogP contribution in [0.1, 0.15) is 17.3 Å². The Kier molecular flexibility index (Phi) is 4.77. The van der Waals surface area contributed by atoms with Crippen LogP contribution in [0.5, 0.6) is 0 Å². The zero-order chi connectivity index (χ0) is 15.4. The number of carbonyl (C=O) groups excluding carboxylic acids is 2. The number of hydrogen-bond acceptors (Lipinski definition) is 3. The van der Waals surface area contributed by atoms with Gasteiger partial charge in [0, 0.05) is 18.8 Å². The number of carbonyl (C=O) groups is 2. The first kappa shape index (κ1) is 15.3. The van der Waals surface area contributed by atoms with Crippen LogP contribution in [0.25, 0.3) is 0 Å². The molecule has 0 aliphatic carbocycles. The minimum Gasteiger partial charge on any atom is -0.325 e. The first-order valence-electron chi connectivity index (χ1n) is 5.96. The summed E-state index contributed by atoms with van der Waals surface area (Å²) < 4.78 is 0. The molecule has 0 radical (unpaired) electrons. The number of benzene rings is 1. The summed E-state index contributed by atoms with van der Waals surface area (Å²) in [5.74, 6) is -0.586. The highest BCUT2D eigenvalue weighted by atomic mass is 35.5. The van der Waals surface area contributed by atoms with E-state index in [1.54, 1.807) is 24.3 Å². The number of nitrogens with zero attached hydrogens (tertiary/aromatic N) is 1. The lowest BCUT2D eigenvalue weighted by atomic mass is 10.2. The molecule has 7 heteroatoms. The Morgan fingerprint density at radius 3 is 2.48 bits per heavy atom. The molecule has 2 aromatic rings. The Labute approximate surface area is 131 Å². The molecule has 2 rings (SSSR count). The van der Waals surface area contributed by atoms with E-state index in [0.29, 0.717) is 27.1 Å². The van der Waals surface area contributed by atoms with Gasteiger partial charge in [-0.15, -0.1) is 0 Å². The van der Waals surface area contributed by atoms with E-state index in [0.717, 1.165) is 0 Å². The lowest BCUT2D eigenvalue weighted by Gasteiger charge is -2.09. The lowest BCUT2D eigenvalue weighted by Crippen LogP contribution is -2.13.